The molecule has 2 atom stereocenters. The molecule has 1 aliphatic carbocycles. The highest BCUT2D eigenvalue weighted by molar-refractivity contribution is 5.90. The van der Waals surface area contributed by atoms with Crippen LogP contribution >= 0.6 is 0 Å². The highest BCUT2D eigenvalue weighted by Gasteiger charge is 2.28. The van der Waals surface area contributed by atoms with Crippen LogP contribution in [0.25, 0.3) is 0 Å². The van der Waals surface area contributed by atoms with Gasteiger partial charge in [-0.2, -0.15) is 13.2 Å². The molecule has 1 saturated carbocycles. The molecule has 1 aliphatic rings. The first kappa shape index (κ1) is 17.6. The molecular weight excluding hydrogens is 311 g/mol. The van der Waals surface area contributed by atoms with Crippen LogP contribution in [0.4, 0.5) is 18.9 Å². The zero-order chi connectivity index (χ0) is 16.9. The molecule has 2 N–H and O–H groups in total. The molecule has 1 amide bonds. The van der Waals surface area contributed by atoms with Crippen LogP contribution in [0.1, 0.15) is 38.5 Å². The van der Waals surface area contributed by atoms with Gasteiger partial charge in [0.25, 0.3) is 0 Å². The van der Waals surface area contributed by atoms with Crippen molar-refractivity contribution < 1.29 is 27.8 Å². The molecule has 128 valence electrons. The molecule has 0 heterocycles. The van der Waals surface area contributed by atoms with E-state index in [2.05, 4.69) is 5.32 Å². The summed E-state index contributed by atoms with van der Waals surface area (Å²) >= 11 is 0. The number of benzene rings is 1. The van der Waals surface area contributed by atoms with Gasteiger partial charge in [-0.25, -0.2) is 0 Å². The maximum atomic E-state index is 12.0. The number of anilines is 1. The third kappa shape index (κ3) is 6.09. The van der Waals surface area contributed by atoms with E-state index >= 15 is 0 Å². The number of ether oxygens (including phenoxy) is 1. The van der Waals surface area contributed by atoms with E-state index in [0.29, 0.717) is 11.4 Å². The Morgan fingerprint density at radius 3 is 2.48 bits per heavy atom. The lowest BCUT2D eigenvalue weighted by atomic mass is 9.95. The zero-order valence-electron chi connectivity index (χ0n) is 12.6. The Balaban J connectivity index is 1.83. The highest BCUT2D eigenvalue weighted by atomic mass is 19.4. The van der Waals surface area contributed by atoms with Crippen LogP contribution in [0.2, 0.25) is 0 Å². The fourth-order valence-corrected chi connectivity index (χ4v) is 2.49. The van der Waals surface area contributed by atoms with Gasteiger partial charge >= 0.3 is 6.18 Å². The number of nitrogens with one attached hydrogen (secondary N) is 1. The van der Waals surface area contributed by atoms with Gasteiger partial charge in [0, 0.05) is 12.1 Å². The molecular formula is C16H20F3NO3. The Labute approximate surface area is 132 Å². The second kappa shape index (κ2) is 7.68. The maximum Gasteiger partial charge on any atom is 0.389 e. The second-order valence-electron chi connectivity index (χ2n) is 5.70. The molecule has 7 heteroatoms. The van der Waals surface area contributed by atoms with Gasteiger partial charge in [-0.3, -0.25) is 4.79 Å². The van der Waals surface area contributed by atoms with Crippen LogP contribution < -0.4 is 10.1 Å². The zero-order valence-corrected chi connectivity index (χ0v) is 12.6. The summed E-state index contributed by atoms with van der Waals surface area (Å²) in [5.74, 6) is -0.122. The summed E-state index contributed by atoms with van der Waals surface area (Å²) in [6.45, 7) is 0. The van der Waals surface area contributed by atoms with E-state index in [0.717, 1.165) is 25.7 Å². The Morgan fingerprint density at radius 2 is 1.87 bits per heavy atom. The Bertz CT molecular complexity index is 516. The average Bonchev–Trinajstić information content (AvgIpc) is 2.49. The summed E-state index contributed by atoms with van der Waals surface area (Å²) in [5.41, 5.74) is 0.411. The number of halogens is 3. The van der Waals surface area contributed by atoms with Crippen molar-refractivity contribution in [3.63, 3.8) is 0 Å². The van der Waals surface area contributed by atoms with Gasteiger partial charge in [-0.05, 0) is 43.5 Å². The van der Waals surface area contributed by atoms with Crippen LogP contribution in [0.5, 0.6) is 5.75 Å². The van der Waals surface area contributed by atoms with Crippen molar-refractivity contribution in [3.8, 4) is 5.75 Å². The smallest absolute Gasteiger partial charge is 0.389 e. The summed E-state index contributed by atoms with van der Waals surface area (Å²) in [6, 6.07) is 6.38. The molecule has 0 saturated heterocycles. The van der Waals surface area contributed by atoms with Gasteiger partial charge in [-0.15, -0.1) is 0 Å². The van der Waals surface area contributed by atoms with Crippen LogP contribution in [-0.4, -0.2) is 29.4 Å². The molecule has 2 rings (SSSR count). The van der Waals surface area contributed by atoms with Gasteiger partial charge in [0.15, 0.2) is 0 Å². The summed E-state index contributed by atoms with van der Waals surface area (Å²) < 4.78 is 41.8. The quantitative estimate of drug-likeness (QED) is 0.866. The highest BCUT2D eigenvalue weighted by Crippen LogP contribution is 2.25. The Morgan fingerprint density at radius 1 is 1.22 bits per heavy atom. The van der Waals surface area contributed by atoms with Crippen LogP contribution in [0, 0.1) is 0 Å². The summed E-state index contributed by atoms with van der Waals surface area (Å²) in [6.07, 6.45) is -3.29. The van der Waals surface area contributed by atoms with Crippen molar-refractivity contribution in [1.82, 2.24) is 0 Å². The predicted molar refractivity (Wildman–Crippen MR) is 79.3 cm³/mol. The molecule has 0 spiro atoms. The van der Waals surface area contributed by atoms with Crippen molar-refractivity contribution in [3.05, 3.63) is 24.3 Å². The topological polar surface area (TPSA) is 58.6 Å². The van der Waals surface area contributed by atoms with Crippen molar-refractivity contribution in [1.29, 1.82) is 0 Å². The number of rotatable bonds is 5. The molecule has 1 aromatic carbocycles. The normalized spacial score (nSPS) is 21.7. The van der Waals surface area contributed by atoms with Gasteiger partial charge < -0.3 is 15.2 Å². The number of amides is 1. The average molecular weight is 331 g/mol. The molecule has 1 aromatic rings. The van der Waals surface area contributed by atoms with E-state index in [9.17, 15) is 23.1 Å². The minimum atomic E-state index is -4.34. The number of aliphatic hydroxyl groups is 1. The maximum absolute atomic E-state index is 12.0. The van der Waals surface area contributed by atoms with Gasteiger partial charge in [0.1, 0.15) is 11.9 Å². The molecule has 1 fully saturated rings. The van der Waals surface area contributed by atoms with E-state index in [1.165, 1.54) is 0 Å². The van der Waals surface area contributed by atoms with Gasteiger partial charge in [0.05, 0.1) is 12.5 Å². The number of carbonyl (C=O) groups is 1. The van der Waals surface area contributed by atoms with Crippen LogP contribution in [-0.2, 0) is 4.79 Å². The third-order valence-electron chi connectivity index (χ3n) is 3.73. The van der Waals surface area contributed by atoms with Crippen LogP contribution in [0.3, 0.4) is 0 Å². The molecule has 4 nitrogen and oxygen atoms in total. The lowest BCUT2D eigenvalue weighted by Crippen LogP contribution is -2.34. The van der Waals surface area contributed by atoms with Gasteiger partial charge in [-0.1, -0.05) is 6.42 Å². The fourth-order valence-electron chi connectivity index (χ4n) is 2.49. The summed E-state index contributed by atoms with van der Waals surface area (Å²) in [4.78, 5) is 11.4. The van der Waals surface area contributed by atoms with E-state index < -0.39 is 31.0 Å². The lowest BCUT2D eigenvalue weighted by Gasteiger charge is -2.28. The predicted octanol–water partition coefficient (Wildman–Crippen LogP) is 3.65. The van der Waals surface area contributed by atoms with E-state index in [-0.39, 0.29) is 6.10 Å². The fraction of sp³-hybridized carbons (Fsp3) is 0.562. The molecule has 0 radical (unpaired) electrons. The molecule has 23 heavy (non-hydrogen) atoms. The minimum Gasteiger partial charge on any atom is -0.488 e. The number of hydrogen-bond donors (Lipinski definition) is 2. The SMILES string of the molecule is O=C(CCC(F)(F)F)Nc1ccc(OC2CCCCC2O)cc1. The molecule has 0 aliphatic heterocycles. The Kier molecular flexibility index (Phi) is 5.87. The first-order valence-corrected chi connectivity index (χ1v) is 7.65. The van der Waals surface area contributed by atoms with Crippen molar-refractivity contribution in [2.75, 3.05) is 5.32 Å². The third-order valence-corrected chi connectivity index (χ3v) is 3.73. The molecule has 0 bridgehead atoms. The number of hydrogen-bond acceptors (Lipinski definition) is 3. The molecule has 0 aromatic heterocycles. The van der Waals surface area contributed by atoms with E-state index in [4.69, 9.17) is 4.74 Å². The largest absolute Gasteiger partial charge is 0.488 e. The van der Waals surface area contributed by atoms with Crippen molar-refractivity contribution in [2.24, 2.45) is 0 Å². The number of carbonyl (C=O) groups excluding carboxylic acids is 1. The lowest BCUT2D eigenvalue weighted by molar-refractivity contribution is -0.142. The van der Waals surface area contributed by atoms with E-state index in [1.54, 1.807) is 24.3 Å². The van der Waals surface area contributed by atoms with Gasteiger partial charge in [0.2, 0.25) is 5.91 Å². The minimum absolute atomic E-state index is 0.240. The molecule has 2 unspecified atom stereocenters. The number of aliphatic hydroxyl groups excluding tert-OH is 1. The Hall–Kier alpha value is -1.76. The van der Waals surface area contributed by atoms with Crippen molar-refractivity contribution in [2.45, 2.75) is 56.9 Å². The van der Waals surface area contributed by atoms with E-state index in [1.807, 2.05) is 0 Å². The first-order valence-electron chi connectivity index (χ1n) is 7.65. The standard InChI is InChI=1S/C16H20F3NO3/c17-16(18,19)10-9-15(22)20-11-5-7-12(8-6-11)23-14-4-2-1-3-13(14)21/h5-8,13-14,21H,1-4,9-10H2,(H,20,22). The van der Waals surface area contributed by atoms with Crippen molar-refractivity contribution >= 4 is 11.6 Å². The number of alkyl halides is 3. The second-order valence-corrected chi connectivity index (χ2v) is 5.70. The monoisotopic (exact) mass is 331 g/mol. The van der Waals surface area contributed by atoms with Crippen LogP contribution in [0.15, 0.2) is 24.3 Å². The first-order chi connectivity index (χ1) is 10.8. The summed E-state index contributed by atoms with van der Waals surface area (Å²) in [5, 5.41) is 12.3. The summed E-state index contributed by atoms with van der Waals surface area (Å²) in [7, 11) is 0.